The van der Waals surface area contributed by atoms with Crippen molar-refractivity contribution in [1.29, 1.82) is 0 Å². The first-order valence-electron chi connectivity index (χ1n) is 6.01. The number of hydrogen-bond donors (Lipinski definition) is 2. The average Bonchev–Trinajstić information content (AvgIpc) is 2.49. The average molecular weight is 224 g/mol. The molecule has 92 valence electrons. The van der Waals surface area contributed by atoms with Crippen molar-refractivity contribution in [1.82, 2.24) is 20.4 Å². The van der Waals surface area contributed by atoms with Crippen LogP contribution in [0.15, 0.2) is 0 Å². The summed E-state index contributed by atoms with van der Waals surface area (Å²) in [5.74, 6) is 0. The van der Waals surface area contributed by atoms with Crippen molar-refractivity contribution >= 4 is 0 Å². The van der Waals surface area contributed by atoms with E-state index in [1.165, 1.54) is 23.4 Å². The van der Waals surface area contributed by atoms with Gasteiger partial charge in [0.1, 0.15) is 0 Å². The molecule has 1 heterocycles. The van der Waals surface area contributed by atoms with Crippen LogP contribution < -0.4 is 10.6 Å². The highest BCUT2D eigenvalue weighted by atomic mass is 15.3. The van der Waals surface area contributed by atoms with E-state index in [1.54, 1.807) is 0 Å². The third-order valence-corrected chi connectivity index (χ3v) is 2.99. The molecule has 0 aliphatic carbocycles. The van der Waals surface area contributed by atoms with E-state index in [-0.39, 0.29) is 0 Å². The molecule has 0 aliphatic rings. The topological polar surface area (TPSA) is 41.9 Å². The lowest BCUT2D eigenvalue weighted by Gasteiger charge is -2.04. The molecule has 0 aliphatic heterocycles. The number of aromatic nitrogens is 2. The summed E-state index contributed by atoms with van der Waals surface area (Å²) in [6, 6.07) is 0. The van der Waals surface area contributed by atoms with E-state index in [0.29, 0.717) is 0 Å². The van der Waals surface area contributed by atoms with Crippen LogP contribution >= 0.6 is 0 Å². The monoisotopic (exact) mass is 224 g/mol. The van der Waals surface area contributed by atoms with Crippen LogP contribution in [0.3, 0.4) is 0 Å². The lowest BCUT2D eigenvalue weighted by atomic mass is 10.1. The smallest absolute Gasteiger partial charge is 0.0628 e. The van der Waals surface area contributed by atoms with E-state index in [9.17, 15) is 0 Å². The van der Waals surface area contributed by atoms with Crippen molar-refractivity contribution in [3.63, 3.8) is 0 Å². The van der Waals surface area contributed by atoms with Crippen LogP contribution in [0.4, 0.5) is 0 Å². The van der Waals surface area contributed by atoms with Crippen LogP contribution in [-0.4, -0.2) is 36.5 Å². The predicted octanol–water partition coefficient (Wildman–Crippen LogP) is 0.779. The summed E-state index contributed by atoms with van der Waals surface area (Å²) in [5, 5.41) is 11.0. The van der Waals surface area contributed by atoms with Gasteiger partial charge in [-0.3, -0.25) is 4.68 Å². The first kappa shape index (κ1) is 13.2. The van der Waals surface area contributed by atoms with Gasteiger partial charge in [0.2, 0.25) is 0 Å². The number of rotatable bonds is 7. The second-order valence-electron chi connectivity index (χ2n) is 4.23. The molecule has 0 saturated carbocycles. The Kier molecular flexibility index (Phi) is 5.49. The summed E-state index contributed by atoms with van der Waals surface area (Å²) in [5.41, 5.74) is 3.89. The SMILES string of the molecule is CNCCNCCCc1c(C)nn(C)c1C. The van der Waals surface area contributed by atoms with E-state index in [4.69, 9.17) is 0 Å². The first-order chi connectivity index (χ1) is 7.66. The summed E-state index contributed by atoms with van der Waals surface area (Å²) in [6.45, 7) is 7.39. The van der Waals surface area contributed by atoms with Crippen molar-refractivity contribution in [3.05, 3.63) is 17.0 Å². The molecule has 0 aromatic carbocycles. The van der Waals surface area contributed by atoms with Gasteiger partial charge in [-0.1, -0.05) is 0 Å². The zero-order chi connectivity index (χ0) is 12.0. The Labute approximate surface area is 98.4 Å². The molecule has 1 aromatic rings. The van der Waals surface area contributed by atoms with Gasteiger partial charge >= 0.3 is 0 Å². The van der Waals surface area contributed by atoms with Crippen LogP contribution in [0.25, 0.3) is 0 Å². The Balaban J connectivity index is 2.26. The Bertz CT molecular complexity index is 317. The van der Waals surface area contributed by atoms with Gasteiger partial charge in [0.05, 0.1) is 5.69 Å². The standard InChI is InChI=1S/C12H24N4/c1-10-12(11(2)16(4)15-10)6-5-7-14-9-8-13-3/h13-14H,5-9H2,1-4H3. The number of likely N-dealkylation sites (N-methyl/N-ethyl adjacent to an activating group) is 1. The molecule has 0 radical (unpaired) electrons. The zero-order valence-electron chi connectivity index (χ0n) is 10.9. The van der Waals surface area contributed by atoms with E-state index >= 15 is 0 Å². The molecule has 2 N–H and O–H groups in total. The van der Waals surface area contributed by atoms with Gasteiger partial charge < -0.3 is 10.6 Å². The summed E-state index contributed by atoms with van der Waals surface area (Å²) in [7, 11) is 3.99. The fraction of sp³-hybridized carbons (Fsp3) is 0.750. The lowest BCUT2D eigenvalue weighted by molar-refractivity contribution is 0.623. The lowest BCUT2D eigenvalue weighted by Crippen LogP contribution is -2.25. The van der Waals surface area contributed by atoms with Gasteiger partial charge in [0.15, 0.2) is 0 Å². The predicted molar refractivity (Wildman–Crippen MR) is 67.8 cm³/mol. The van der Waals surface area contributed by atoms with Crippen LogP contribution in [0.5, 0.6) is 0 Å². The molecule has 0 unspecified atom stereocenters. The fourth-order valence-corrected chi connectivity index (χ4v) is 1.91. The minimum absolute atomic E-state index is 1.03. The summed E-state index contributed by atoms with van der Waals surface area (Å²) in [4.78, 5) is 0. The first-order valence-corrected chi connectivity index (χ1v) is 6.01. The maximum atomic E-state index is 4.43. The van der Waals surface area contributed by atoms with Gasteiger partial charge in [-0.15, -0.1) is 0 Å². The minimum Gasteiger partial charge on any atom is -0.318 e. The van der Waals surface area contributed by atoms with Crippen molar-refractivity contribution in [3.8, 4) is 0 Å². The number of aryl methyl sites for hydroxylation is 2. The Morgan fingerprint density at radius 2 is 1.94 bits per heavy atom. The highest BCUT2D eigenvalue weighted by molar-refractivity contribution is 5.24. The Morgan fingerprint density at radius 1 is 1.19 bits per heavy atom. The third-order valence-electron chi connectivity index (χ3n) is 2.99. The van der Waals surface area contributed by atoms with Crippen molar-refractivity contribution in [2.45, 2.75) is 26.7 Å². The summed E-state index contributed by atoms with van der Waals surface area (Å²) in [6.07, 6.45) is 2.30. The molecule has 1 rings (SSSR count). The van der Waals surface area contributed by atoms with Crippen molar-refractivity contribution in [2.75, 3.05) is 26.7 Å². The highest BCUT2D eigenvalue weighted by Gasteiger charge is 2.07. The minimum atomic E-state index is 1.03. The zero-order valence-corrected chi connectivity index (χ0v) is 10.9. The Morgan fingerprint density at radius 3 is 2.50 bits per heavy atom. The van der Waals surface area contributed by atoms with Crippen LogP contribution in [0, 0.1) is 13.8 Å². The molecule has 0 spiro atoms. The molecule has 0 bridgehead atoms. The van der Waals surface area contributed by atoms with Gasteiger partial charge in [-0.25, -0.2) is 0 Å². The molecule has 4 heteroatoms. The van der Waals surface area contributed by atoms with E-state index in [2.05, 4.69) is 29.6 Å². The molecule has 0 amide bonds. The highest BCUT2D eigenvalue weighted by Crippen LogP contribution is 2.13. The van der Waals surface area contributed by atoms with E-state index in [0.717, 1.165) is 26.1 Å². The molecule has 0 fully saturated rings. The third kappa shape index (κ3) is 3.61. The number of hydrogen-bond acceptors (Lipinski definition) is 3. The molecule has 16 heavy (non-hydrogen) atoms. The normalized spacial score (nSPS) is 11.0. The Hall–Kier alpha value is -0.870. The molecule has 1 aromatic heterocycles. The molecular weight excluding hydrogens is 200 g/mol. The summed E-state index contributed by atoms with van der Waals surface area (Å²) < 4.78 is 1.97. The summed E-state index contributed by atoms with van der Waals surface area (Å²) >= 11 is 0. The quantitative estimate of drug-likeness (QED) is 0.673. The number of nitrogens with zero attached hydrogens (tertiary/aromatic N) is 2. The molecule has 0 saturated heterocycles. The number of nitrogens with one attached hydrogen (secondary N) is 2. The van der Waals surface area contributed by atoms with Crippen molar-refractivity contribution in [2.24, 2.45) is 7.05 Å². The molecule has 4 nitrogen and oxygen atoms in total. The van der Waals surface area contributed by atoms with Crippen LogP contribution in [-0.2, 0) is 13.5 Å². The van der Waals surface area contributed by atoms with Crippen LogP contribution in [0.2, 0.25) is 0 Å². The van der Waals surface area contributed by atoms with Gasteiger partial charge in [0.25, 0.3) is 0 Å². The fourth-order valence-electron chi connectivity index (χ4n) is 1.91. The van der Waals surface area contributed by atoms with Gasteiger partial charge in [-0.2, -0.15) is 5.10 Å². The van der Waals surface area contributed by atoms with Crippen molar-refractivity contribution < 1.29 is 0 Å². The second kappa shape index (κ2) is 6.66. The van der Waals surface area contributed by atoms with E-state index < -0.39 is 0 Å². The van der Waals surface area contributed by atoms with Gasteiger partial charge in [-0.05, 0) is 45.8 Å². The second-order valence-corrected chi connectivity index (χ2v) is 4.23. The molecule has 0 atom stereocenters. The van der Waals surface area contributed by atoms with Crippen LogP contribution in [0.1, 0.15) is 23.4 Å². The molecular formula is C12H24N4. The van der Waals surface area contributed by atoms with Gasteiger partial charge in [0, 0.05) is 25.8 Å². The maximum absolute atomic E-state index is 4.43. The van der Waals surface area contributed by atoms with E-state index in [1.807, 2.05) is 18.8 Å². The maximum Gasteiger partial charge on any atom is 0.0628 e. The largest absolute Gasteiger partial charge is 0.318 e.